The number of carbonyl (C=O) groups excluding carboxylic acids is 2. The van der Waals surface area contributed by atoms with E-state index >= 15 is 0 Å². The Morgan fingerprint density at radius 2 is 1.61 bits per heavy atom. The number of ketones is 1. The number of aromatic nitrogens is 3. The number of nitrogens with zero attached hydrogens (tertiary/aromatic N) is 5. The summed E-state index contributed by atoms with van der Waals surface area (Å²) in [7, 11) is 0. The van der Waals surface area contributed by atoms with Gasteiger partial charge in [-0.05, 0) is 80.3 Å². The molecule has 12 heteroatoms. The van der Waals surface area contributed by atoms with Crippen molar-refractivity contribution in [1.29, 1.82) is 0 Å². The predicted octanol–water partition coefficient (Wildman–Crippen LogP) is 5.78. The molecule has 3 aliphatic rings. The highest BCUT2D eigenvalue weighted by molar-refractivity contribution is 5.98. The second-order valence-corrected chi connectivity index (χ2v) is 11.4. The van der Waals surface area contributed by atoms with E-state index in [1.54, 1.807) is 35.4 Å². The van der Waals surface area contributed by atoms with Gasteiger partial charge in [0.2, 0.25) is 0 Å². The van der Waals surface area contributed by atoms with Crippen molar-refractivity contribution < 1.29 is 31.5 Å². The van der Waals surface area contributed by atoms with Gasteiger partial charge in [-0.15, -0.1) is 0 Å². The number of hydrogen-bond donors (Lipinski definition) is 0. The molecule has 7 rings (SSSR count). The van der Waals surface area contributed by atoms with Crippen LogP contribution in [0.5, 0.6) is 0 Å². The van der Waals surface area contributed by atoms with E-state index in [0.29, 0.717) is 61.5 Å². The average Bonchev–Trinajstić information content (AvgIpc) is 3.55. The third kappa shape index (κ3) is 4.46. The normalized spacial score (nSPS) is 17.6. The molecule has 0 saturated carbocycles. The van der Waals surface area contributed by atoms with Gasteiger partial charge in [-0.2, -0.15) is 18.3 Å². The van der Waals surface area contributed by atoms with Gasteiger partial charge < -0.3 is 9.80 Å². The average molecular weight is 608 g/mol. The first kappa shape index (κ1) is 28.2. The summed E-state index contributed by atoms with van der Waals surface area (Å²) in [6.07, 6.45) is -1.30. The number of hydrogen-bond acceptors (Lipinski definition) is 5. The first-order chi connectivity index (χ1) is 21.1. The van der Waals surface area contributed by atoms with E-state index in [4.69, 9.17) is 0 Å². The number of fused-ring (bicyclic) bond motifs is 3. The van der Waals surface area contributed by atoms with Crippen molar-refractivity contribution in [3.8, 4) is 16.9 Å². The number of benzene rings is 2. The smallest absolute Gasteiger partial charge is 0.358 e. The molecule has 2 saturated heterocycles. The van der Waals surface area contributed by atoms with Crippen LogP contribution in [0.25, 0.3) is 16.9 Å². The largest absolute Gasteiger partial charge is 0.419 e. The fraction of sp³-hybridized carbons (Fsp3) is 0.312. The molecule has 0 radical (unpaired) electrons. The van der Waals surface area contributed by atoms with Crippen LogP contribution in [0.4, 0.5) is 27.6 Å². The number of anilines is 1. The van der Waals surface area contributed by atoms with E-state index in [1.165, 1.54) is 22.9 Å². The number of alkyl halides is 3. The molecule has 1 amide bonds. The third-order valence-corrected chi connectivity index (χ3v) is 9.06. The minimum atomic E-state index is -4.92. The van der Waals surface area contributed by atoms with Crippen molar-refractivity contribution in [3.05, 3.63) is 94.9 Å². The lowest BCUT2D eigenvalue weighted by molar-refractivity contribution is -0.140. The Labute approximate surface area is 248 Å². The summed E-state index contributed by atoms with van der Waals surface area (Å²) < 4.78 is 69.9. The summed E-state index contributed by atoms with van der Waals surface area (Å²) in [4.78, 5) is 35.3. The molecule has 0 unspecified atom stereocenters. The zero-order chi connectivity index (χ0) is 30.8. The van der Waals surface area contributed by atoms with Crippen LogP contribution in [0.1, 0.15) is 46.6 Å². The highest BCUT2D eigenvalue weighted by Crippen LogP contribution is 2.41. The lowest BCUT2D eigenvalue weighted by Crippen LogP contribution is -2.57. The van der Waals surface area contributed by atoms with E-state index in [0.717, 1.165) is 17.4 Å². The number of carbonyl (C=O) groups is 2. The third-order valence-electron chi connectivity index (χ3n) is 9.06. The Hall–Kier alpha value is -4.61. The van der Waals surface area contributed by atoms with Gasteiger partial charge in [0.25, 0.3) is 5.91 Å². The summed E-state index contributed by atoms with van der Waals surface area (Å²) in [6, 6.07) is 12.1. The molecule has 0 atom stereocenters. The summed E-state index contributed by atoms with van der Waals surface area (Å²) in [5.74, 6) is -2.08. The van der Waals surface area contributed by atoms with Crippen LogP contribution in [0.2, 0.25) is 0 Å². The lowest BCUT2D eigenvalue weighted by atomic mass is 9.83. The summed E-state index contributed by atoms with van der Waals surface area (Å²) in [5.41, 5.74) is 0.979. The monoisotopic (exact) mass is 607 g/mol. The maximum atomic E-state index is 14.2. The molecule has 2 aromatic heterocycles. The first-order valence-corrected chi connectivity index (χ1v) is 14.4. The van der Waals surface area contributed by atoms with Gasteiger partial charge in [0, 0.05) is 49.1 Å². The molecule has 1 spiro atoms. The number of Topliss-reactive ketones (excluding diaryl/α,β-unsaturated/α-hetero) is 1. The van der Waals surface area contributed by atoms with Crippen LogP contribution in [-0.2, 0) is 23.8 Å². The van der Waals surface area contributed by atoms with E-state index in [1.807, 2.05) is 4.90 Å². The Morgan fingerprint density at radius 3 is 2.34 bits per heavy atom. The Balaban J connectivity index is 1.24. The van der Waals surface area contributed by atoms with Crippen LogP contribution < -0.4 is 4.90 Å². The number of pyridine rings is 1. The number of piperidine rings is 1. The van der Waals surface area contributed by atoms with E-state index in [9.17, 15) is 31.5 Å². The van der Waals surface area contributed by atoms with Crippen LogP contribution in [0.15, 0.2) is 60.8 Å². The maximum absolute atomic E-state index is 14.2. The molecular weight excluding hydrogens is 581 g/mol. The lowest BCUT2D eigenvalue weighted by Gasteiger charge is -2.44. The van der Waals surface area contributed by atoms with Gasteiger partial charge >= 0.3 is 6.18 Å². The van der Waals surface area contributed by atoms with Gasteiger partial charge in [-0.1, -0.05) is 0 Å². The van der Waals surface area contributed by atoms with E-state index in [2.05, 4.69) is 10.1 Å². The van der Waals surface area contributed by atoms with Gasteiger partial charge in [0.1, 0.15) is 17.2 Å². The molecule has 0 bridgehead atoms. The summed E-state index contributed by atoms with van der Waals surface area (Å²) >= 11 is 0. The molecule has 4 aromatic rings. The number of likely N-dealkylation sites (tertiary alicyclic amines) is 1. The van der Waals surface area contributed by atoms with Crippen LogP contribution in [0, 0.1) is 11.6 Å². The highest BCUT2D eigenvalue weighted by atomic mass is 19.4. The minimum absolute atomic E-state index is 0.0326. The van der Waals surface area contributed by atoms with Crippen molar-refractivity contribution in [3.63, 3.8) is 0 Å². The molecule has 1 aliphatic carbocycles. The molecule has 44 heavy (non-hydrogen) atoms. The number of rotatable bonds is 3. The number of amides is 1. The van der Waals surface area contributed by atoms with Crippen LogP contribution in [0.3, 0.4) is 0 Å². The predicted molar refractivity (Wildman–Crippen MR) is 150 cm³/mol. The maximum Gasteiger partial charge on any atom is 0.419 e. The van der Waals surface area contributed by atoms with Crippen LogP contribution in [-0.4, -0.2) is 56.5 Å². The molecule has 2 aromatic carbocycles. The SMILES string of the molecule is O=C(c1nn(-c2ccc(F)c(C(F)(F)F)c2)c2c1CCc1ncccc1-2)N1CCC2(CC1)C(=O)CCN2c1ccc(F)cc1. The van der Waals surface area contributed by atoms with Crippen molar-refractivity contribution in [2.24, 2.45) is 0 Å². The topological polar surface area (TPSA) is 71.3 Å². The Bertz CT molecular complexity index is 1790. The molecule has 2 aliphatic heterocycles. The summed E-state index contributed by atoms with van der Waals surface area (Å²) in [6.45, 7) is 1.02. The fourth-order valence-electron chi connectivity index (χ4n) is 6.87. The quantitative estimate of drug-likeness (QED) is 0.276. The standard InChI is InChI=1S/C32H26F5N5O2/c33-19-3-5-20(6-4-19)41-15-11-27(43)31(41)12-16-40(17-13-31)30(44)28-23-8-10-26-22(2-1-14-38-26)29(23)42(39-28)21-7-9-25(34)24(18-21)32(35,36)37/h1-7,9,14,18H,8,10-13,15-17H2. The number of aryl methyl sites for hydroxylation is 1. The van der Waals surface area contributed by atoms with Gasteiger partial charge in [-0.25, -0.2) is 13.5 Å². The molecule has 0 N–H and O–H groups in total. The highest BCUT2D eigenvalue weighted by Gasteiger charge is 2.50. The van der Waals surface area contributed by atoms with E-state index in [-0.39, 0.29) is 42.0 Å². The zero-order valence-corrected chi connectivity index (χ0v) is 23.4. The second-order valence-electron chi connectivity index (χ2n) is 11.4. The molecular formula is C32H26F5N5O2. The van der Waals surface area contributed by atoms with Crippen molar-refractivity contribution in [2.75, 3.05) is 24.5 Å². The van der Waals surface area contributed by atoms with E-state index < -0.39 is 23.1 Å². The van der Waals surface area contributed by atoms with Gasteiger partial charge in [0.05, 0.1) is 22.6 Å². The zero-order valence-electron chi connectivity index (χ0n) is 23.4. The van der Waals surface area contributed by atoms with Gasteiger partial charge in [-0.3, -0.25) is 14.6 Å². The van der Waals surface area contributed by atoms with Crippen LogP contribution >= 0.6 is 0 Å². The van der Waals surface area contributed by atoms with Crippen molar-refractivity contribution in [1.82, 2.24) is 19.7 Å². The van der Waals surface area contributed by atoms with Crippen molar-refractivity contribution >= 4 is 17.4 Å². The van der Waals surface area contributed by atoms with Crippen molar-refractivity contribution in [2.45, 2.75) is 43.8 Å². The number of halogens is 5. The summed E-state index contributed by atoms with van der Waals surface area (Å²) in [5, 5.41) is 4.56. The first-order valence-electron chi connectivity index (χ1n) is 14.4. The fourth-order valence-corrected chi connectivity index (χ4v) is 6.87. The van der Waals surface area contributed by atoms with Gasteiger partial charge in [0.15, 0.2) is 11.5 Å². The molecule has 2 fully saturated rings. The second kappa shape index (κ2) is 10.2. The molecule has 7 nitrogen and oxygen atoms in total. The Morgan fingerprint density at radius 1 is 0.886 bits per heavy atom. The molecule has 226 valence electrons. The molecule has 4 heterocycles. The Kier molecular flexibility index (Phi) is 6.56. The minimum Gasteiger partial charge on any atom is -0.358 e.